The zero-order valence-corrected chi connectivity index (χ0v) is 12.1. The van der Waals surface area contributed by atoms with Crippen LogP contribution in [0.15, 0.2) is 48.5 Å². The van der Waals surface area contributed by atoms with Gasteiger partial charge in [-0.1, -0.05) is 42.5 Å². The predicted molar refractivity (Wildman–Crippen MR) is 85.4 cm³/mol. The minimum Gasteiger partial charge on any atom is -0.314 e. The topological polar surface area (TPSA) is 32.3 Å². The van der Waals surface area contributed by atoms with Crippen LogP contribution in [0, 0.1) is 0 Å². The molecule has 0 aliphatic carbocycles. The highest BCUT2D eigenvalue weighted by molar-refractivity contribution is 5.81. The smallest absolute Gasteiger partial charge is 0.150 e. The molecule has 1 saturated heterocycles. The molecule has 3 nitrogen and oxygen atoms in total. The van der Waals surface area contributed by atoms with Crippen LogP contribution in [0.2, 0.25) is 0 Å². The number of aldehydes is 1. The predicted octanol–water partition coefficient (Wildman–Crippen LogP) is 2.57. The molecule has 0 aromatic heterocycles. The third-order valence-electron chi connectivity index (χ3n) is 3.98. The molecular weight excluding hydrogens is 260 g/mol. The molecule has 1 N–H and O–H groups in total. The van der Waals surface area contributed by atoms with Crippen LogP contribution in [0.1, 0.15) is 15.9 Å². The second-order valence-corrected chi connectivity index (χ2v) is 5.42. The quantitative estimate of drug-likeness (QED) is 0.874. The van der Waals surface area contributed by atoms with Gasteiger partial charge < -0.3 is 5.32 Å². The molecule has 108 valence electrons. The van der Waals surface area contributed by atoms with Gasteiger partial charge in [0.2, 0.25) is 0 Å². The zero-order chi connectivity index (χ0) is 14.5. The van der Waals surface area contributed by atoms with Crippen molar-refractivity contribution in [3.05, 3.63) is 59.7 Å². The van der Waals surface area contributed by atoms with Gasteiger partial charge in [0.25, 0.3) is 0 Å². The number of carbonyl (C=O) groups is 1. The number of rotatable bonds is 4. The number of piperazine rings is 1. The van der Waals surface area contributed by atoms with E-state index in [-0.39, 0.29) is 0 Å². The largest absolute Gasteiger partial charge is 0.314 e. The van der Waals surface area contributed by atoms with Crippen molar-refractivity contribution in [2.75, 3.05) is 26.2 Å². The van der Waals surface area contributed by atoms with Crippen molar-refractivity contribution in [1.82, 2.24) is 10.2 Å². The standard InChI is InChI=1S/C18H20N2O/c21-14-18-12-16(15-4-2-1-3-5-15)6-7-17(18)13-20-10-8-19-9-11-20/h1-7,12,14,19H,8-11,13H2. The molecule has 0 atom stereocenters. The van der Waals surface area contributed by atoms with Crippen LogP contribution in [0.4, 0.5) is 0 Å². The minimum atomic E-state index is 0.801. The summed E-state index contributed by atoms with van der Waals surface area (Å²) in [6.45, 7) is 4.99. The lowest BCUT2D eigenvalue weighted by Crippen LogP contribution is -2.43. The highest BCUT2D eigenvalue weighted by Gasteiger charge is 2.12. The van der Waals surface area contributed by atoms with E-state index in [1.54, 1.807) is 0 Å². The highest BCUT2D eigenvalue weighted by atomic mass is 16.1. The van der Waals surface area contributed by atoms with Gasteiger partial charge in [-0.3, -0.25) is 9.69 Å². The third kappa shape index (κ3) is 3.38. The minimum absolute atomic E-state index is 0.801. The van der Waals surface area contributed by atoms with Crippen molar-refractivity contribution in [1.29, 1.82) is 0 Å². The number of hydrogen-bond donors (Lipinski definition) is 1. The Hall–Kier alpha value is -1.97. The fourth-order valence-corrected chi connectivity index (χ4v) is 2.77. The molecule has 0 bridgehead atoms. The Bertz CT molecular complexity index is 604. The fraction of sp³-hybridized carbons (Fsp3) is 0.278. The molecule has 0 amide bonds. The summed E-state index contributed by atoms with van der Waals surface area (Å²) in [5, 5.41) is 3.35. The van der Waals surface area contributed by atoms with Crippen molar-refractivity contribution in [2.24, 2.45) is 0 Å². The van der Waals surface area contributed by atoms with Crippen LogP contribution in [-0.4, -0.2) is 37.4 Å². The monoisotopic (exact) mass is 280 g/mol. The van der Waals surface area contributed by atoms with Gasteiger partial charge in [0.15, 0.2) is 0 Å². The molecule has 0 unspecified atom stereocenters. The van der Waals surface area contributed by atoms with Crippen LogP contribution in [0.3, 0.4) is 0 Å². The summed E-state index contributed by atoms with van der Waals surface area (Å²) < 4.78 is 0. The molecule has 1 fully saturated rings. The Labute approximate surface area is 125 Å². The first kappa shape index (κ1) is 14.0. The summed E-state index contributed by atoms with van der Waals surface area (Å²) in [7, 11) is 0. The Kier molecular flexibility index (Phi) is 4.43. The van der Waals surface area contributed by atoms with Gasteiger partial charge in [0.1, 0.15) is 6.29 Å². The lowest BCUT2D eigenvalue weighted by Gasteiger charge is -2.27. The average Bonchev–Trinajstić information content (AvgIpc) is 2.57. The van der Waals surface area contributed by atoms with Crippen LogP contribution in [-0.2, 0) is 6.54 Å². The number of benzene rings is 2. The van der Waals surface area contributed by atoms with Crippen molar-refractivity contribution < 1.29 is 4.79 Å². The van der Waals surface area contributed by atoms with Crippen molar-refractivity contribution in [3.63, 3.8) is 0 Å². The molecular formula is C18H20N2O. The summed E-state index contributed by atoms with van der Waals surface area (Å²) in [4.78, 5) is 13.8. The van der Waals surface area contributed by atoms with E-state index >= 15 is 0 Å². The molecule has 2 aromatic carbocycles. The SMILES string of the molecule is O=Cc1cc(-c2ccccc2)ccc1CN1CCNCC1. The maximum atomic E-state index is 11.4. The summed E-state index contributed by atoms with van der Waals surface area (Å²) in [6, 6.07) is 16.4. The third-order valence-corrected chi connectivity index (χ3v) is 3.98. The van der Waals surface area contributed by atoms with Gasteiger partial charge in [-0.05, 0) is 22.8 Å². The van der Waals surface area contributed by atoms with Gasteiger partial charge in [-0.2, -0.15) is 0 Å². The maximum absolute atomic E-state index is 11.4. The Morgan fingerprint density at radius 1 is 1.00 bits per heavy atom. The fourth-order valence-electron chi connectivity index (χ4n) is 2.77. The average molecular weight is 280 g/mol. The van der Waals surface area contributed by atoms with Gasteiger partial charge >= 0.3 is 0 Å². The van der Waals surface area contributed by atoms with Gasteiger partial charge in [0.05, 0.1) is 0 Å². The Balaban J connectivity index is 1.83. The molecule has 2 aromatic rings. The summed E-state index contributed by atoms with van der Waals surface area (Å²) in [6.07, 6.45) is 0.976. The van der Waals surface area contributed by atoms with E-state index in [0.29, 0.717) is 0 Å². The molecule has 1 aliphatic rings. The van der Waals surface area contributed by atoms with Crippen LogP contribution < -0.4 is 5.32 Å². The summed E-state index contributed by atoms with van der Waals surface area (Å²) >= 11 is 0. The lowest BCUT2D eigenvalue weighted by atomic mass is 9.99. The van der Waals surface area contributed by atoms with E-state index in [2.05, 4.69) is 34.5 Å². The van der Waals surface area contributed by atoms with Crippen LogP contribution >= 0.6 is 0 Å². The molecule has 21 heavy (non-hydrogen) atoms. The lowest BCUT2D eigenvalue weighted by molar-refractivity contribution is 0.112. The van der Waals surface area contributed by atoms with E-state index in [4.69, 9.17) is 0 Å². The number of carbonyl (C=O) groups excluding carboxylic acids is 1. The molecule has 1 aliphatic heterocycles. The van der Waals surface area contributed by atoms with Gasteiger partial charge in [0, 0.05) is 38.3 Å². The first-order valence-corrected chi connectivity index (χ1v) is 7.43. The van der Waals surface area contributed by atoms with E-state index in [1.165, 1.54) is 0 Å². The molecule has 3 heteroatoms. The molecule has 0 radical (unpaired) electrons. The van der Waals surface area contributed by atoms with E-state index in [9.17, 15) is 4.79 Å². The normalized spacial score (nSPS) is 15.8. The Morgan fingerprint density at radius 3 is 2.48 bits per heavy atom. The highest BCUT2D eigenvalue weighted by Crippen LogP contribution is 2.22. The number of nitrogens with zero attached hydrogens (tertiary/aromatic N) is 1. The van der Waals surface area contributed by atoms with Gasteiger partial charge in [-0.15, -0.1) is 0 Å². The van der Waals surface area contributed by atoms with E-state index < -0.39 is 0 Å². The maximum Gasteiger partial charge on any atom is 0.150 e. The zero-order valence-electron chi connectivity index (χ0n) is 12.1. The second kappa shape index (κ2) is 6.66. The Morgan fingerprint density at radius 2 is 1.76 bits per heavy atom. The first-order valence-electron chi connectivity index (χ1n) is 7.43. The van der Waals surface area contributed by atoms with Gasteiger partial charge in [-0.25, -0.2) is 0 Å². The van der Waals surface area contributed by atoms with Crippen molar-refractivity contribution in [2.45, 2.75) is 6.54 Å². The summed E-state index contributed by atoms with van der Waals surface area (Å²) in [5.74, 6) is 0. The van der Waals surface area contributed by atoms with E-state index in [1.807, 2.05) is 24.3 Å². The molecule has 0 saturated carbocycles. The van der Waals surface area contributed by atoms with Crippen molar-refractivity contribution in [3.8, 4) is 11.1 Å². The number of nitrogens with one attached hydrogen (secondary N) is 1. The number of hydrogen-bond acceptors (Lipinski definition) is 3. The molecule has 0 spiro atoms. The van der Waals surface area contributed by atoms with Crippen LogP contribution in [0.25, 0.3) is 11.1 Å². The van der Waals surface area contributed by atoms with Crippen LogP contribution in [0.5, 0.6) is 0 Å². The summed E-state index contributed by atoms with van der Waals surface area (Å²) in [5.41, 5.74) is 4.16. The first-order chi connectivity index (χ1) is 10.4. The molecule has 1 heterocycles. The second-order valence-electron chi connectivity index (χ2n) is 5.42. The molecule has 3 rings (SSSR count). The van der Waals surface area contributed by atoms with Crippen molar-refractivity contribution >= 4 is 6.29 Å². The van der Waals surface area contributed by atoms with E-state index in [0.717, 1.165) is 61.3 Å².